The van der Waals surface area contributed by atoms with Crippen LogP contribution < -0.4 is 0 Å². The highest BCUT2D eigenvalue weighted by molar-refractivity contribution is 5.97. The number of aliphatic hydroxyl groups excluding tert-OH is 6. The van der Waals surface area contributed by atoms with Gasteiger partial charge in [-0.2, -0.15) is 0 Å². The Morgan fingerprint density at radius 3 is 1.57 bits per heavy atom. The van der Waals surface area contributed by atoms with Gasteiger partial charge in [0.05, 0.1) is 42.0 Å². The minimum Gasteiger partial charge on any atom is -0.393 e. The van der Waals surface area contributed by atoms with Crippen LogP contribution in [0.15, 0.2) is 132 Å². The average Bonchev–Trinajstić information content (AvgIpc) is 4.30. The van der Waals surface area contributed by atoms with E-state index in [0.29, 0.717) is 67.6 Å². The highest BCUT2D eigenvalue weighted by Crippen LogP contribution is 2.61. The van der Waals surface area contributed by atoms with E-state index in [9.17, 15) is 40.2 Å². The number of carbonyl (C=O) groups excluding carboxylic acids is 2. The lowest BCUT2D eigenvalue weighted by molar-refractivity contribution is -0.122. The average molecular weight is 1060 g/mol. The van der Waals surface area contributed by atoms with E-state index < -0.39 is 42.0 Å². The second-order valence-corrected chi connectivity index (χ2v) is 25.2. The van der Waals surface area contributed by atoms with Crippen molar-refractivity contribution in [2.24, 2.45) is 57.2 Å². The fourth-order valence-corrected chi connectivity index (χ4v) is 15.1. The van der Waals surface area contributed by atoms with Crippen molar-refractivity contribution in [3.63, 3.8) is 0 Å². The minimum absolute atomic E-state index is 0. The minimum atomic E-state index is -0.731. The third kappa shape index (κ3) is 14.8. The molecule has 8 rings (SSSR count). The van der Waals surface area contributed by atoms with Gasteiger partial charge < -0.3 is 30.6 Å². The summed E-state index contributed by atoms with van der Waals surface area (Å²) in [6.45, 7) is 21.6. The lowest BCUT2D eigenvalue weighted by atomic mass is 9.61. The summed E-state index contributed by atoms with van der Waals surface area (Å²) in [7, 11) is 0. The standard InChI is InChI=1S/C34H50O4.C33H46O4.2CH4/c1-5-6-9-27(35)16-18-34(19-20-34)32(38)15-10-23(2)29-13-14-30-25(8-7-17-33(29,30)4)11-12-26-21-28(36)22-31(37)24(26)3;1-5-6-7-10-30(36)33(18-19-33)31(37)16-11-22(2)27-14-15-28-24(9-8-17-32(27,28)4)12-13-25-20-26(34)21-29(35)23(25)3;;/h10-12,15-16,18,23,28-32,36-38H,3,5-9,13-14,17,19-22H2,1-2,4H3;5-7,10-13,16,22,26-29,31,34-35,37H,3,8-9,14-15,17-21H2,1-2,4H3;2*1H4/b15-10+,18-16+,25-11+,26-12-;6-5+,10-7+,16-11+,24-12+,25-13-;;/t23-,28-,29-,30+,31+,32-,33-;22-,26-,27-,28+,29+,31-,32-;;/m11../s1. The molecular weight excluding hydrogens is 957 g/mol. The van der Waals surface area contributed by atoms with Gasteiger partial charge in [0.1, 0.15) is 0 Å². The van der Waals surface area contributed by atoms with Gasteiger partial charge in [0.2, 0.25) is 0 Å². The molecule has 8 aliphatic carbocycles. The van der Waals surface area contributed by atoms with Crippen molar-refractivity contribution in [1.29, 1.82) is 0 Å². The maximum Gasteiger partial charge on any atom is 0.164 e. The third-order valence-corrected chi connectivity index (χ3v) is 20.3. The van der Waals surface area contributed by atoms with Crippen molar-refractivity contribution < 1.29 is 40.2 Å². The molecule has 0 aromatic heterocycles. The summed E-state index contributed by atoms with van der Waals surface area (Å²) in [6, 6.07) is 0. The summed E-state index contributed by atoms with van der Waals surface area (Å²) < 4.78 is 0. The van der Waals surface area contributed by atoms with Crippen LogP contribution >= 0.6 is 0 Å². The topological polar surface area (TPSA) is 156 Å². The Morgan fingerprint density at radius 2 is 1.13 bits per heavy atom. The molecule has 6 N–H and O–H groups in total. The molecular formula is C69H104O8. The van der Waals surface area contributed by atoms with E-state index in [1.807, 2.05) is 37.3 Å². The Labute approximate surface area is 466 Å². The molecule has 0 saturated heterocycles. The number of carbonyl (C=O) groups is 2. The van der Waals surface area contributed by atoms with E-state index in [1.54, 1.807) is 18.2 Å². The third-order valence-electron chi connectivity index (χ3n) is 20.3. The van der Waals surface area contributed by atoms with Gasteiger partial charge in [0, 0.05) is 24.7 Å². The van der Waals surface area contributed by atoms with Gasteiger partial charge in [-0.1, -0.05) is 153 Å². The summed E-state index contributed by atoms with van der Waals surface area (Å²) in [6.07, 6.45) is 43.8. The van der Waals surface area contributed by atoms with Crippen molar-refractivity contribution in [3.8, 4) is 0 Å². The molecule has 428 valence electrons. The van der Waals surface area contributed by atoms with Gasteiger partial charge in [-0.15, -0.1) is 0 Å². The number of hydrogen-bond acceptors (Lipinski definition) is 8. The van der Waals surface area contributed by atoms with Crippen molar-refractivity contribution >= 4 is 11.6 Å². The monoisotopic (exact) mass is 1060 g/mol. The molecule has 8 nitrogen and oxygen atoms in total. The molecule has 0 radical (unpaired) electrons. The molecule has 8 saturated carbocycles. The summed E-state index contributed by atoms with van der Waals surface area (Å²) in [4.78, 5) is 24.8. The van der Waals surface area contributed by atoms with E-state index in [4.69, 9.17) is 0 Å². The fraction of sp³-hybridized carbons (Fsp3) is 0.652. The summed E-state index contributed by atoms with van der Waals surface area (Å²) in [5.74, 6) is 3.10. The van der Waals surface area contributed by atoms with Crippen LogP contribution in [0.25, 0.3) is 0 Å². The second-order valence-electron chi connectivity index (χ2n) is 25.2. The number of ketones is 2. The summed E-state index contributed by atoms with van der Waals surface area (Å²) >= 11 is 0. The molecule has 0 aromatic rings. The van der Waals surface area contributed by atoms with Gasteiger partial charge in [-0.3, -0.25) is 9.59 Å². The first-order valence-corrected chi connectivity index (χ1v) is 29.4. The molecule has 0 aromatic carbocycles. The normalized spacial score (nSPS) is 36.2. The van der Waals surface area contributed by atoms with Crippen LogP contribution in [0.1, 0.15) is 191 Å². The quantitative estimate of drug-likeness (QED) is 0.0450. The van der Waals surface area contributed by atoms with E-state index in [2.05, 4.69) is 84.2 Å². The molecule has 14 atom stereocenters. The molecule has 0 spiro atoms. The smallest absolute Gasteiger partial charge is 0.164 e. The van der Waals surface area contributed by atoms with Crippen LogP contribution in [-0.2, 0) is 9.59 Å². The van der Waals surface area contributed by atoms with Gasteiger partial charge >= 0.3 is 0 Å². The highest BCUT2D eigenvalue weighted by Gasteiger charge is 2.54. The van der Waals surface area contributed by atoms with E-state index in [1.165, 1.54) is 56.1 Å². The zero-order valence-electron chi connectivity index (χ0n) is 46.8. The van der Waals surface area contributed by atoms with Crippen LogP contribution in [0.4, 0.5) is 0 Å². The Balaban J connectivity index is 0.000000277. The molecule has 8 heteroatoms. The summed E-state index contributed by atoms with van der Waals surface area (Å²) in [5.41, 5.74) is 5.99. The maximum atomic E-state index is 12.7. The second kappa shape index (κ2) is 27.6. The number of hydrogen-bond donors (Lipinski definition) is 6. The first-order chi connectivity index (χ1) is 35.7. The van der Waals surface area contributed by atoms with Crippen molar-refractivity contribution in [2.45, 2.75) is 228 Å². The number of aliphatic hydroxyl groups is 6. The number of allylic oxidation sites excluding steroid dienone is 13. The molecule has 0 heterocycles. The van der Waals surface area contributed by atoms with Crippen LogP contribution in [0.2, 0.25) is 0 Å². The lowest BCUT2D eigenvalue weighted by Crippen LogP contribution is -2.35. The van der Waals surface area contributed by atoms with Crippen molar-refractivity contribution in [1.82, 2.24) is 0 Å². The first-order valence-electron chi connectivity index (χ1n) is 29.4. The Morgan fingerprint density at radius 1 is 0.649 bits per heavy atom. The lowest BCUT2D eigenvalue weighted by Gasteiger charge is -2.44. The number of rotatable bonds is 18. The van der Waals surface area contributed by atoms with E-state index in [-0.39, 0.29) is 42.7 Å². The SMILES string of the molecule is C.C.C=C1/C(=C\C=C2/CCC[C@]3(C)[C@@H]([C@H](C)/C=C/[C@@H](O)C4(/C=C/C(=O)CCCC)CC4)CC[C@@H]23)C[C@@H](O)C[C@@H]1O.C=C1/C(=C\C=C2/CCC[C@]3(C)[C@@H]([C@H](C)/C=C/[C@@H](O)C4(C(=O)/C=C/C=C/C)CC4)CC[C@@H]23)C[C@@H](O)C[C@@H]1O. The summed E-state index contributed by atoms with van der Waals surface area (Å²) in [5, 5.41) is 62.6. The van der Waals surface area contributed by atoms with E-state index >= 15 is 0 Å². The van der Waals surface area contributed by atoms with Gasteiger partial charge in [0.25, 0.3) is 0 Å². The number of fused-ring (bicyclic) bond motifs is 2. The van der Waals surface area contributed by atoms with Crippen LogP contribution in [-0.4, -0.2) is 78.8 Å². The van der Waals surface area contributed by atoms with Crippen LogP contribution in [0.3, 0.4) is 0 Å². The molecule has 8 fully saturated rings. The Hall–Kier alpha value is -3.76. The predicted molar refractivity (Wildman–Crippen MR) is 318 cm³/mol. The van der Waals surface area contributed by atoms with Crippen LogP contribution in [0.5, 0.6) is 0 Å². The molecule has 0 bridgehead atoms. The zero-order chi connectivity index (χ0) is 54.3. The fourth-order valence-electron chi connectivity index (χ4n) is 15.1. The molecule has 8 aliphatic rings. The highest BCUT2D eigenvalue weighted by atomic mass is 16.3. The molecule has 0 amide bonds. The first kappa shape index (κ1) is 64.1. The molecule has 0 aliphatic heterocycles. The largest absolute Gasteiger partial charge is 0.393 e. The number of unbranched alkanes of at least 4 members (excludes halogenated alkanes) is 1. The van der Waals surface area contributed by atoms with Gasteiger partial charge in [-0.25, -0.2) is 0 Å². The van der Waals surface area contributed by atoms with E-state index in [0.717, 1.165) is 80.1 Å². The Kier molecular flexibility index (Phi) is 23.0. The van der Waals surface area contributed by atoms with Gasteiger partial charge in [0.15, 0.2) is 11.6 Å². The molecule has 77 heavy (non-hydrogen) atoms. The molecule has 0 unspecified atom stereocenters. The predicted octanol–water partition coefficient (Wildman–Crippen LogP) is 14.2. The van der Waals surface area contributed by atoms with Crippen molar-refractivity contribution in [3.05, 3.63) is 132 Å². The maximum absolute atomic E-state index is 12.7. The zero-order valence-corrected chi connectivity index (χ0v) is 46.8. The van der Waals surface area contributed by atoms with Crippen LogP contribution in [0, 0.1) is 57.2 Å². The van der Waals surface area contributed by atoms with Gasteiger partial charge in [-0.05, 0) is 197 Å². The Bertz CT molecular complexity index is 2340. The van der Waals surface area contributed by atoms with Crippen molar-refractivity contribution in [2.75, 3.05) is 0 Å².